The Balaban J connectivity index is 1.44. The second-order valence-electron chi connectivity index (χ2n) is 5.97. The summed E-state index contributed by atoms with van der Waals surface area (Å²) >= 11 is 0. The molecule has 2 amide bonds. The zero-order chi connectivity index (χ0) is 13.9. The van der Waals surface area contributed by atoms with Crippen molar-refractivity contribution in [2.24, 2.45) is 11.8 Å². The number of fused-ring (bicyclic) bond motifs is 1. The lowest BCUT2D eigenvalue weighted by molar-refractivity contribution is 0.209. The highest BCUT2D eigenvalue weighted by atomic mass is 16.5. The summed E-state index contributed by atoms with van der Waals surface area (Å²) in [7, 11) is 0. The van der Waals surface area contributed by atoms with Gasteiger partial charge in [0.15, 0.2) is 0 Å². The molecule has 2 N–H and O–H groups in total. The summed E-state index contributed by atoms with van der Waals surface area (Å²) < 4.78 is 5.73. The Kier molecular flexibility index (Phi) is 3.81. The van der Waals surface area contributed by atoms with E-state index in [2.05, 4.69) is 23.6 Å². The monoisotopic (exact) mass is 274 g/mol. The molecule has 1 aromatic carbocycles. The first kappa shape index (κ1) is 13.3. The van der Waals surface area contributed by atoms with E-state index in [1.54, 1.807) is 0 Å². The van der Waals surface area contributed by atoms with Crippen molar-refractivity contribution in [3.8, 4) is 5.75 Å². The van der Waals surface area contributed by atoms with Crippen LogP contribution in [0.1, 0.15) is 25.3 Å². The molecule has 1 heterocycles. The molecule has 2 unspecified atom stereocenters. The molecule has 0 saturated heterocycles. The normalized spacial score (nSPS) is 22.4. The maximum Gasteiger partial charge on any atom is 0.315 e. The van der Waals surface area contributed by atoms with Crippen LogP contribution in [0.5, 0.6) is 5.75 Å². The number of urea groups is 1. The van der Waals surface area contributed by atoms with Gasteiger partial charge in [0.25, 0.3) is 0 Å². The zero-order valence-corrected chi connectivity index (χ0v) is 11.9. The van der Waals surface area contributed by atoms with Crippen LogP contribution in [0, 0.1) is 11.8 Å². The topological polar surface area (TPSA) is 50.4 Å². The van der Waals surface area contributed by atoms with Crippen molar-refractivity contribution in [3.05, 3.63) is 29.8 Å². The van der Waals surface area contributed by atoms with Crippen molar-refractivity contribution in [1.82, 2.24) is 10.6 Å². The van der Waals surface area contributed by atoms with Crippen molar-refractivity contribution >= 4 is 6.03 Å². The third-order valence-electron chi connectivity index (χ3n) is 4.19. The Morgan fingerprint density at radius 1 is 1.40 bits per heavy atom. The zero-order valence-electron chi connectivity index (χ0n) is 11.9. The predicted octanol–water partition coefficient (Wildman–Crippen LogP) is 2.34. The van der Waals surface area contributed by atoms with Crippen molar-refractivity contribution in [1.29, 1.82) is 0 Å². The summed E-state index contributed by atoms with van der Waals surface area (Å²) in [6.45, 7) is 3.42. The SMILES string of the molecule is CC(NC(=O)NCC1COc2ccccc2C1)C1CC1. The van der Waals surface area contributed by atoms with Crippen molar-refractivity contribution in [2.45, 2.75) is 32.2 Å². The molecule has 0 bridgehead atoms. The highest BCUT2D eigenvalue weighted by Gasteiger charge is 2.29. The third kappa shape index (κ3) is 3.24. The average molecular weight is 274 g/mol. The van der Waals surface area contributed by atoms with E-state index in [9.17, 15) is 4.79 Å². The predicted molar refractivity (Wildman–Crippen MR) is 77.9 cm³/mol. The Hall–Kier alpha value is -1.71. The van der Waals surface area contributed by atoms with Gasteiger partial charge in [-0.05, 0) is 43.7 Å². The van der Waals surface area contributed by atoms with Crippen molar-refractivity contribution in [2.75, 3.05) is 13.2 Å². The molecule has 20 heavy (non-hydrogen) atoms. The number of benzene rings is 1. The molecule has 1 aliphatic heterocycles. The van der Waals surface area contributed by atoms with Crippen LogP contribution in [0.4, 0.5) is 4.79 Å². The Morgan fingerprint density at radius 3 is 3.00 bits per heavy atom. The smallest absolute Gasteiger partial charge is 0.315 e. The van der Waals surface area contributed by atoms with Gasteiger partial charge in [0, 0.05) is 18.5 Å². The van der Waals surface area contributed by atoms with Crippen LogP contribution in [0.25, 0.3) is 0 Å². The first-order chi connectivity index (χ1) is 9.72. The summed E-state index contributed by atoms with van der Waals surface area (Å²) in [6.07, 6.45) is 3.46. The first-order valence-corrected chi connectivity index (χ1v) is 7.47. The highest BCUT2D eigenvalue weighted by Crippen LogP contribution is 2.32. The van der Waals surface area contributed by atoms with Gasteiger partial charge in [-0.1, -0.05) is 18.2 Å². The van der Waals surface area contributed by atoms with Gasteiger partial charge in [-0.3, -0.25) is 0 Å². The number of carbonyl (C=O) groups excluding carboxylic acids is 1. The number of nitrogens with one attached hydrogen (secondary N) is 2. The molecule has 1 aliphatic carbocycles. The van der Waals surface area contributed by atoms with E-state index in [1.165, 1.54) is 18.4 Å². The van der Waals surface area contributed by atoms with Gasteiger partial charge in [-0.15, -0.1) is 0 Å². The van der Waals surface area contributed by atoms with Crippen LogP contribution in [0.3, 0.4) is 0 Å². The summed E-state index contributed by atoms with van der Waals surface area (Å²) in [5, 5.41) is 5.98. The molecular weight excluding hydrogens is 252 g/mol. The minimum Gasteiger partial charge on any atom is -0.493 e. The van der Waals surface area contributed by atoms with E-state index in [-0.39, 0.29) is 6.03 Å². The van der Waals surface area contributed by atoms with Gasteiger partial charge in [0.2, 0.25) is 0 Å². The van der Waals surface area contributed by atoms with Crippen LogP contribution in [-0.2, 0) is 6.42 Å². The Bertz CT molecular complexity index is 485. The third-order valence-corrected chi connectivity index (χ3v) is 4.19. The van der Waals surface area contributed by atoms with Crippen LogP contribution >= 0.6 is 0 Å². The maximum absolute atomic E-state index is 11.8. The highest BCUT2D eigenvalue weighted by molar-refractivity contribution is 5.74. The van der Waals surface area contributed by atoms with Gasteiger partial charge >= 0.3 is 6.03 Å². The largest absolute Gasteiger partial charge is 0.493 e. The van der Waals surface area contributed by atoms with E-state index in [1.807, 2.05) is 18.2 Å². The molecule has 0 spiro atoms. The van der Waals surface area contributed by atoms with Crippen molar-refractivity contribution < 1.29 is 9.53 Å². The lowest BCUT2D eigenvalue weighted by atomic mass is 9.97. The quantitative estimate of drug-likeness (QED) is 0.885. The Morgan fingerprint density at radius 2 is 2.20 bits per heavy atom. The van der Waals surface area contributed by atoms with Crippen LogP contribution in [0.2, 0.25) is 0 Å². The number of rotatable bonds is 4. The van der Waals surface area contributed by atoms with Crippen molar-refractivity contribution in [3.63, 3.8) is 0 Å². The van der Waals surface area contributed by atoms with E-state index in [0.29, 0.717) is 31.0 Å². The summed E-state index contributed by atoms with van der Waals surface area (Å²) in [6, 6.07) is 8.35. The van der Waals surface area contributed by atoms with Crippen LogP contribution in [-0.4, -0.2) is 25.2 Å². The van der Waals surface area contributed by atoms with Crippen LogP contribution < -0.4 is 15.4 Å². The average Bonchev–Trinajstić information content (AvgIpc) is 3.29. The number of hydrogen-bond acceptors (Lipinski definition) is 2. The molecule has 2 aliphatic rings. The number of ether oxygens (including phenoxy) is 1. The molecule has 108 valence electrons. The van der Waals surface area contributed by atoms with Gasteiger partial charge in [0.1, 0.15) is 5.75 Å². The van der Waals surface area contributed by atoms with E-state index < -0.39 is 0 Å². The number of carbonyl (C=O) groups is 1. The molecule has 3 rings (SSSR count). The fourth-order valence-electron chi connectivity index (χ4n) is 2.73. The second-order valence-corrected chi connectivity index (χ2v) is 5.97. The minimum absolute atomic E-state index is 0.0525. The molecule has 2 atom stereocenters. The molecule has 4 heteroatoms. The molecule has 4 nitrogen and oxygen atoms in total. The summed E-state index contributed by atoms with van der Waals surface area (Å²) in [5.41, 5.74) is 1.23. The molecule has 1 aromatic rings. The van der Waals surface area contributed by atoms with E-state index in [0.717, 1.165) is 12.2 Å². The fourth-order valence-corrected chi connectivity index (χ4v) is 2.73. The summed E-state index contributed by atoms with van der Waals surface area (Å²) in [5.74, 6) is 2.02. The fraction of sp³-hybridized carbons (Fsp3) is 0.562. The lowest BCUT2D eigenvalue weighted by Crippen LogP contribution is -2.44. The van der Waals surface area contributed by atoms with Gasteiger partial charge in [0.05, 0.1) is 6.61 Å². The van der Waals surface area contributed by atoms with Gasteiger partial charge in [-0.2, -0.15) is 0 Å². The van der Waals surface area contributed by atoms with Gasteiger partial charge < -0.3 is 15.4 Å². The minimum atomic E-state index is -0.0525. The molecule has 1 fully saturated rings. The number of hydrogen-bond donors (Lipinski definition) is 2. The number of para-hydroxylation sites is 1. The number of amides is 2. The second kappa shape index (κ2) is 5.73. The van der Waals surface area contributed by atoms with Gasteiger partial charge in [-0.25, -0.2) is 4.79 Å². The van der Waals surface area contributed by atoms with E-state index in [4.69, 9.17) is 4.74 Å². The van der Waals surface area contributed by atoms with E-state index >= 15 is 0 Å². The summed E-state index contributed by atoms with van der Waals surface area (Å²) in [4.78, 5) is 11.8. The Labute approximate surface area is 119 Å². The molecule has 0 aromatic heterocycles. The molecular formula is C16H22N2O2. The first-order valence-electron chi connectivity index (χ1n) is 7.47. The van der Waals surface area contributed by atoms with Crippen LogP contribution in [0.15, 0.2) is 24.3 Å². The molecule has 1 saturated carbocycles. The molecule has 0 radical (unpaired) electrons. The standard InChI is InChI=1S/C16H22N2O2/c1-11(13-6-7-13)18-16(19)17-9-12-8-14-4-2-3-5-15(14)20-10-12/h2-5,11-13H,6-10H2,1H3,(H2,17,18,19). The lowest BCUT2D eigenvalue weighted by Gasteiger charge is -2.25. The maximum atomic E-state index is 11.8.